The van der Waals surface area contributed by atoms with Crippen LogP contribution in [0, 0.1) is 11.7 Å². The standard InChI is InChI=1S/C41H52FN13O6/c1-49-15-20-54(41(49)59)28-3-2-11-53(25-28)39-46-38(34(37(43)57)47-48-39)44-27-4-5-30(29(42)23-27)52-18-16-50(17-19-52)24-26-8-12-51(13-9-26)31-6-7-32(36-35(31)60-21-22-61-36)55-14-10-33(56)45-40(55)58/h4-7,23,26,28H,2-3,8-22,24-25H2,1H3,(H2,43,57)(H,44,46,48)(H,45,56,58)/t28-/m1/s1. The number of likely N-dealkylation sites (N-methyl/N-ethyl adjacent to an activating group) is 1. The van der Waals surface area contributed by atoms with Gasteiger partial charge < -0.3 is 45.0 Å². The Kier molecular flexibility index (Phi) is 11.3. The molecule has 0 spiro atoms. The first kappa shape index (κ1) is 40.2. The number of piperazine rings is 1. The van der Waals surface area contributed by atoms with Crippen LogP contribution in [0.5, 0.6) is 11.5 Å². The highest BCUT2D eigenvalue weighted by Gasteiger charge is 2.36. The Labute approximate surface area is 352 Å². The number of fused-ring (bicyclic) bond motifs is 1. The first-order valence-electron chi connectivity index (χ1n) is 21.2. The number of halogens is 1. The zero-order chi connectivity index (χ0) is 42.2. The second-order valence-corrected chi connectivity index (χ2v) is 16.5. The van der Waals surface area contributed by atoms with Crippen molar-refractivity contribution >= 4 is 58.4 Å². The Morgan fingerprint density at radius 3 is 2.28 bits per heavy atom. The minimum absolute atomic E-state index is 0.00610. The SMILES string of the molecule is CN1CCN([C@@H]2CCCN(c3nnc(C(N)=O)c(Nc4ccc(N5CCN(CC6CCN(c7ccc(N8CCC(=O)NC8=O)c8c7OCCO8)CC6)CC5)c(F)c4)n3)C2)C1=O. The summed E-state index contributed by atoms with van der Waals surface area (Å²) in [5.41, 5.74) is 7.94. The van der Waals surface area contributed by atoms with Gasteiger partial charge in [-0.2, -0.15) is 4.98 Å². The molecule has 0 aliphatic carbocycles. The van der Waals surface area contributed by atoms with Crippen molar-refractivity contribution in [2.45, 2.75) is 38.1 Å². The number of nitrogens with one attached hydrogen (secondary N) is 2. The van der Waals surface area contributed by atoms with E-state index in [2.05, 4.69) is 40.5 Å². The Morgan fingerprint density at radius 1 is 0.852 bits per heavy atom. The molecule has 6 aliphatic rings. The molecule has 0 unspecified atom stereocenters. The van der Waals surface area contributed by atoms with Crippen LogP contribution in [0.1, 0.15) is 42.6 Å². The summed E-state index contributed by atoms with van der Waals surface area (Å²) < 4.78 is 27.9. The van der Waals surface area contributed by atoms with Crippen molar-refractivity contribution < 1.29 is 33.0 Å². The quantitative estimate of drug-likeness (QED) is 0.269. The minimum atomic E-state index is -0.808. The molecule has 1 aromatic heterocycles. The summed E-state index contributed by atoms with van der Waals surface area (Å²) in [5.74, 6) is 0.599. The maximum atomic E-state index is 15.8. The van der Waals surface area contributed by atoms with Crippen LogP contribution in [0.3, 0.4) is 0 Å². The number of rotatable bonds is 10. The van der Waals surface area contributed by atoms with Crippen molar-refractivity contribution in [1.82, 2.24) is 35.2 Å². The number of carbonyl (C=O) groups is 4. The molecule has 0 radical (unpaired) electrons. The molecule has 5 saturated heterocycles. The molecule has 7 heterocycles. The van der Waals surface area contributed by atoms with Crippen LogP contribution < -0.4 is 45.4 Å². The molecule has 1 atom stereocenters. The number of anilines is 6. The second kappa shape index (κ2) is 17.1. The smallest absolute Gasteiger partial charge is 0.328 e. The monoisotopic (exact) mass is 841 g/mol. The third-order valence-corrected chi connectivity index (χ3v) is 12.7. The predicted molar refractivity (Wildman–Crippen MR) is 225 cm³/mol. The molecular weight excluding hydrogens is 790 g/mol. The summed E-state index contributed by atoms with van der Waals surface area (Å²) in [7, 11) is 1.80. The Hall–Kier alpha value is -6.18. The number of primary amides is 1. The van der Waals surface area contributed by atoms with Crippen molar-refractivity contribution in [3.05, 3.63) is 41.8 Å². The molecule has 6 aliphatic heterocycles. The zero-order valence-corrected chi connectivity index (χ0v) is 34.4. The van der Waals surface area contributed by atoms with Crippen molar-refractivity contribution in [2.24, 2.45) is 11.7 Å². The van der Waals surface area contributed by atoms with Gasteiger partial charge in [-0.1, -0.05) is 0 Å². The van der Waals surface area contributed by atoms with Gasteiger partial charge in [0.2, 0.25) is 11.9 Å². The van der Waals surface area contributed by atoms with Gasteiger partial charge in [0.1, 0.15) is 19.0 Å². The number of hydrogen-bond acceptors (Lipinski definition) is 14. The number of hydrogen-bond donors (Lipinski definition) is 3. The highest BCUT2D eigenvalue weighted by atomic mass is 19.1. The molecule has 3 aromatic rings. The lowest BCUT2D eigenvalue weighted by Gasteiger charge is -2.40. The number of nitrogens with zero attached hydrogens (tertiary/aromatic N) is 10. The molecular formula is C41H52FN13O6. The number of nitrogens with two attached hydrogens (primary N) is 1. The largest absolute Gasteiger partial charge is 0.484 e. The van der Waals surface area contributed by atoms with Gasteiger partial charge >= 0.3 is 12.1 Å². The van der Waals surface area contributed by atoms with Crippen molar-refractivity contribution in [2.75, 3.05) is 124 Å². The van der Waals surface area contributed by atoms with Gasteiger partial charge in [-0.25, -0.2) is 14.0 Å². The summed E-state index contributed by atoms with van der Waals surface area (Å²) in [6.45, 7) is 9.31. The predicted octanol–water partition coefficient (Wildman–Crippen LogP) is 2.45. The van der Waals surface area contributed by atoms with Gasteiger partial charge in [0.15, 0.2) is 23.0 Å². The fourth-order valence-corrected chi connectivity index (χ4v) is 9.34. The van der Waals surface area contributed by atoms with E-state index in [0.29, 0.717) is 92.9 Å². The molecule has 9 rings (SSSR count). The molecule has 61 heavy (non-hydrogen) atoms. The summed E-state index contributed by atoms with van der Waals surface area (Å²) in [6, 6.07) is 8.32. The van der Waals surface area contributed by atoms with E-state index >= 15 is 4.39 Å². The highest BCUT2D eigenvalue weighted by Crippen LogP contribution is 2.47. The molecule has 20 heteroatoms. The molecule has 2 aromatic carbocycles. The number of aromatic nitrogens is 3. The lowest BCUT2D eigenvalue weighted by Crippen LogP contribution is -2.50. The number of carbonyl (C=O) groups excluding carboxylic acids is 4. The Balaban J connectivity index is 0.782. The third kappa shape index (κ3) is 8.32. The topological polar surface area (TPSA) is 198 Å². The molecule has 6 amide bonds. The van der Waals surface area contributed by atoms with Crippen molar-refractivity contribution in [1.29, 1.82) is 0 Å². The molecule has 5 fully saturated rings. The molecule has 4 N–H and O–H groups in total. The highest BCUT2D eigenvalue weighted by molar-refractivity contribution is 6.06. The van der Waals surface area contributed by atoms with Crippen LogP contribution in [-0.4, -0.2) is 159 Å². The van der Waals surface area contributed by atoms with E-state index in [4.69, 9.17) is 15.2 Å². The van der Waals surface area contributed by atoms with Gasteiger partial charge in [-0.05, 0) is 61.9 Å². The first-order valence-corrected chi connectivity index (χ1v) is 21.2. The molecule has 324 valence electrons. The van der Waals surface area contributed by atoms with Gasteiger partial charge in [0.25, 0.3) is 5.91 Å². The summed E-state index contributed by atoms with van der Waals surface area (Å²) in [6.07, 6.45) is 3.95. The van der Waals surface area contributed by atoms with E-state index in [-0.39, 0.29) is 42.5 Å². The minimum Gasteiger partial charge on any atom is -0.484 e. The van der Waals surface area contributed by atoms with Gasteiger partial charge in [-0.15, -0.1) is 10.2 Å². The number of urea groups is 2. The summed E-state index contributed by atoms with van der Waals surface area (Å²) >= 11 is 0. The summed E-state index contributed by atoms with van der Waals surface area (Å²) in [4.78, 5) is 67.9. The number of ether oxygens (including phenoxy) is 2. The average Bonchev–Trinajstić information content (AvgIpc) is 3.61. The van der Waals surface area contributed by atoms with Gasteiger partial charge in [0, 0.05) is 97.7 Å². The number of benzene rings is 2. The van der Waals surface area contributed by atoms with Crippen molar-refractivity contribution in [3.8, 4) is 11.5 Å². The van der Waals surface area contributed by atoms with E-state index in [9.17, 15) is 19.2 Å². The van der Waals surface area contributed by atoms with E-state index in [1.165, 1.54) is 11.0 Å². The zero-order valence-electron chi connectivity index (χ0n) is 34.4. The van der Waals surface area contributed by atoms with E-state index in [0.717, 1.165) is 64.1 Å². The lowest BCUT2D eigenvalue weighted by molar-refractivity contribution is -0.120. The van der Waals surface area contributed by atoms with Crippen LogP contribution in [0.4, 0.5) is 48.5 Å². The van der Waals surface area contributed by atoms with Gasteiger partial charge in [0.05, 0.1) is 23.1 Å². The molecule has 0 saturated carbocycles. The Bertz CT molecular complexity index is 2180. The normalized spacial score (nSPS) is 21.6. The van der Waals surface area contributed by atoms with Crippen LogP contribution in [0.25, 0.3) is 0 Å². The van der Waals surface area contributed by atoms with E-state index in [1.54, 1.807) is 24.1 Å². The van der Waals surface area contributed by atoms with Gasteiger partial charge in [-0.3, -0.25) is 24.7 Å². The van der Waals surface area contributed by atoms with Crippen molar-refractivity contribution in [3.63, 3.8) is 0 Å². The van der Waals surface area contributed by atoms with Crippen LogP contribution in [0.15, 0.2) is 30.3 Å². The second-order valence-electron chi connectivity index (χ2n) is 16.5. The lowest BCUT2D eigenvalue weighted by atomic mass is 9.95. The summed E-state index contributed by atoms with van der Waals surface area (Å²) in [5, 5.41) is 13.7. The first-order chi connectivity index (χ1) is 29.6. The fourth-order valence-electron chi connectivity index (χ4n) is 9.34. The molecule has 19 nitrogen and oxygen atoms in total. The fraction of sp³-hybridized carbons (Fsp3) is 0.537. The number of amides is 6. The van der Waals surface area contributed by atoms with Crippen LogP contribution in [0.2, 0.25) is 0 Å². The number of imide groups is 1. The van der Waals surface area contributed by atoms with Crippen LogP contribution in [-0.2, 0) is 4.79 Å². The maximum absolute atomic E-state index is 15.8. The van der Waals surface area contributed by atoms with Crippen LogP contribution >= 0.6 is 0 Å². The van der Waals surface area contributed by atoms with E-state index in [1.807, 2.05) is 21.9 Å². The number of piperidine rings is 2. The van der Waals surface area contributed by atoms with E-state index < -0.39 is 17.8 Å². The maximum Gasteiger partial charge on any atom is 0.328 e. The Morgan fingerprint density at radius 2 is 1.57 bits per heavy atom. The molecule has 0 bridgehead atoms. The third-order valence-electron chi connectivity index (χ3n) is 12.7. The average molecular weight is 842 g/mol.